The number of nitrogens with zero attached hydrogens (tertiary/aromatic N) is 2. The van der Waals surface area contributed by atoms with Crippen LogP contribution in [0.5, 0.6) is 11.5 Å². The molecule has 3 heterocycles. The first kappa shape index (κ1) is 19.0. The molecule has 0 saturated carbocycles. The molecule has 2 aliphatic rings. The number of hydrogen-bond donors (Lipinski definition) is 1. The molecule has 0 bridgehead atoms. The van der Waals surface area contributed by atoms with E-state index in [0.29, 0.717) is 41.1 Å². The topological polar surface area (TPSA) is 65.4 Å². The molecule has 0 spiro atoms. The number of anilines is 1. The number of halogens is 1. The van der Waals surface area contributed by atoms with Crippen molar-refractivity contribution >= 4 is 23.2 Å². The molecule has 30 heavy (non-hydrogen) atoms. The first-order chi connectivity index (χ1) is 14.7. The van der Waals surface area contributed by atoms with Crippen LogP contribution in [-0.2, 0) is 13.0 Å². The fraction of sp³-hybridized carbons (Fsp3) is 0.304. The highest BCUT2D eigenvalue weighted by Crippen LogP contribution is 2.33. The van der Waals surface area contributed by atoms with Gasteiger partial charge in [-0.25, -0.2) is 4.98 Å². The molecule has 0 fully saturated rings. The van der Waals surface area contributed by atoms with E-state index in [1.807, 2.05) is 36.4 Å². The quantitative estimate of drug-likeness (QED) is 0.647. The monoisotopic (exact) mass is 423 g/mol. The van der Waals surface area contributed by atoms with E-state index in [2.05, 4.69) is 9.88 Å². The second kappa shape index (κ2) is 8.03. The van der Waals surface area contributed by atoms with Gasteiger partial charge >= 0.3 is 0 Å². The van der Waals surface area contributed by atoms with Crippen molar-refractivity contribution in [3.63, 3.8) is 0 Å². The van der Waals surface area contributed by atoms with Crippen LogP contribution in [0.25, 0.3) is 11.4 Å². The van der Waals surface area contributed by atoms with Gasteiger partial charge in [-0.1, -0.05) is 18.0 Å². The molecule has 0 radical (unpaired) electrons. The van der Waals surface area contributed by atoms with E-state index in [1.54, 1.807) is 6.07 Å². The van der Waals surface area contributed by atoms with Gasteiger partial charge in [0.15, 0.2) is 11.5 Å². The lowest BCUT2D eigenvalue weighted by Gasteiger charge is -2.19. The molecular weight excluding hydrogens is 402 g/mol. The second-order valence-electron chi connectivity index (χ2n) is 7.51. The minimum atomic E-state index is -0.211. The van der Waals surface area contributed by atoms with E-state index in [4.69, 9.17) is 26.1 Å². The lowest BCUT2D eigenvalue weighted by molar-refractivity contribution is 0.102. The van der Waals surface area contributed by atoms with E-state index in [1.165, 1.54) is 0 Å². The van der Waals surface area contributed by atoms with Crippen molar-refractivity contribution in [2.45, 2.75) is 32.2 Å². The number of carbonyl (C=O) groups is 1. The van der Waals surface area contributed by atoms with Gasteiger partial charge in [0.05, 0.1) is 5.69 Å². The number of aromatic nitrogens is 2. The Balaban J connectivity index is 1.49. The standard InChI is InChI=1S/C23H22ClN3O3/c24-16-7-5-15(6-8-16)22-26-21(18-4-2-1-3-11-27(18)22)23(28)25-17-9-10-19-20(14-17)30-13-12-29-19/h5-10,14H,1-4,11-13H2,(H,25,28). The van der Waals surface area contributed by atoms with Gasteiger partial charge in [-0.15, -0.1) is 0 Å². The van der Waals surface area contributed by atoms with Crippen molar-refractivity contribution in [3.8, 4) is 22.9 Å². The molecule has 7 heteroatoms. The van der Waals surface area contributed by atoms with Crippen molar-refractivity contribution in [1.82, 2.24) is 9.55 Å². The van der Waals surface area contributed by atoms with E-state index < -0.39 is 0 Å². The number of rotatable bonds is 3. The highest BCUT2D eigenvalue weighted by molar-refractivity contribution is 6.30. The summed E-state index contributed by atoms with van der Waals surface area (Å²) >= 11 is 6.05. The normalized spacial score (nSPS) is 15.2. The second-order valence-corrected chi connectivity index (χ2v) is 7.95. The summed E-state index contributed by atoms with van der Waals surface area (Å²) in [6.07, 6.45) is 4.11. The smallest absolute Gasteiger partial charge is 0.276 e. The minimum Gasteiger partial charge on any atom is -0.486 e. The van der Waals surface area contributed by atoms with Gasteiger partial charge in [0.25, 0.3) is 5.91 Å². The first-order valence-corrected chi connectivity index (χ1v) is 10.6. The van der Waals surface area contributed by atoms with Crippen molar-refractivity contribution in [2.24, 2.45) is 0 Å². The van der Waals surface area contributed by atoms with Crippen LogP contribution in [0.2, 0.25) is 5.02 Å². The Hall–Kier alpha value is -2.99. The summed E-state index contributed by atoms with van der Waals surface area (Å²) in [5.41, 5.74) is 3.10. The number of fused-ring (bicyclic) bond motifs is 2. The van der Waals surface area contributed by atoms with E-state index >= 15 is 0 Å². The molecule has 1 amide bonds. The highest BCUT2D eigenvalue weighted by atomic mass is 35.5. The third kappa shape index (κ3) is 3.63. The highest BCUT2D eigenvalue weighted by Gasteiger charge is 2.25. The fourth-order valence-corrected chi connectivity index (χ4v) is 4.16. The van der Waals surface area contributed by atoms with Crippen molar-refractivity contribution in [3.05, 3.63) is 58.9 Å². The number of hydrogen-bond acceptors (Lipinski definition) is 4. The van der Waals surface area contributed by atoms with E-state index in [0.717, 1.165) is 49.3 Å². The third-order valence-corrected chi connectivity index (χ3v) is 5.74. The average Bonchev–Trinajstić information content (AvgIpc) is 2.95. The molecule has 0 aliphatic carbocycles. The molecule has 1 aromatic heterocycles. The zero-order valence-corrected chi connectivity index (χ0v) is 17.2. The summed E-state index contributed by atoms with van der Waals surface area (Å²) in [5, 5.41) is 3.66. The molecule has 6 nitrogen and oxygen atoms in total. The zero-order chi connectivity index (χ0) is 20.5. The molecule has 0 atom stereocenters. The predicted molar refractivity (Wildman–Crippen MR) is 116 cm³/mol. The van der Waals surface area contributed by atoms with Gasteiger partial charge in [-0.2, -0.15) is 0 Å². The fourth-order valence-electron chi connectivity index (χ4n) is 4.03. The number of ether oxygens (including phenoxy) is 2. The van der Waals surface area contributed by atoms with Gasteiger partial charge in [0, 0.05) is 28.9 Å². The summed E-state index contributed by atoms with van der Waals surface area (Å²) in [4.78, 5) is 18.0. The Morgan fingerprint density at radius 2 is 1.80 bits per heavy atom. The Bertz CT molecular complexity index is 1090. The van der Waals surface area contributed by atoms with Gasteiger partial charge in [-0.05, 0) is 55.7 Å². The van der Waals surface area contributed by atoms with Crippen molar-refractivity contribution in [1.29, 1.82) is 0 Å². The summed E-state index contributed by atoms with van der Waals surface area (Å²) < 4.78 is 13.4. The molecular formula is C23H22ClN3O3. The van der Waals surface area contributed by atoms with Crippen molar-refractivity contribution < 1.29 is 14.3 Å². The molecule has 2 aromatic carbocycles. The van der Waals surface area contributed by atoms with Crippen molar-refractivity contribution in [2.75, 3.05) is 18.5 Å². The van der Waals surface area contributed by atoms with Gasteiger partial charge in [-0.3, -0.25) is 4.79 Å². The Morgan fingerprint density at radius 1 is 1.00 bits per heavy atom. The number of nitrogens with one attached hydrogen (secondary N) is 1. The predicted octanol–water partition coefficient (Wildman–Crippen LogP) is 4.95. The van der Waals surface area contributed by atoms with Crippen LogP contribution < -0.4 is 14.8 Å². The SMILES string of the molecule is O=C(Nc1ccc2c(c1)OCCO2)c1nc(-c2ccc(Cl)cc2)n2c1CCCCC2. The maximum atomic E-state index is 13.2. The molecule has 1 N–H and O–H groups in total. The van der Waals surface area contributed by atoms with Crippen LogP contribution in [0.4, 0.5) is 5.69 Å². The zero-order valence-electron chi connectivity index (χ0n) is 16.5. The minimum absolute atomic E-state index is 0.211. The Morgan fingerprint density at radius 3 is 2.63 bits per heavy atom. The van der Waals surface area contributed by atoms with Crippen LogP contribution in [0.1, 0.15) is 35.4 Å². The molecule has 5 rings (SSSR count). The van der Waals surface area contributed by atoms with E-state index in [9.17, 15) is 4.79 Å². The first-order valence-electron chi connectivity index (χ1n) is 10.3. The number of amides is 1. The summed E-state index contributed by atoms with van der Waals surface area (Å²) in [7, 11) is 0. The van der Waals surface area contributed by atoms with E-state index in [-0.39, 0.29) is 5.91 Å². The summed E-state index contributed by atoms with van der Waals surface area (Å²) in [5.74, 6) is 1.94. The van der Waals surface area contributed by atoms with Gasteiger partial charge < -0.3 is 19.4 Å². The van der Waals surface area contributed by atoms with Crippen LogP contribution in [-0.4, -0.2) is 28.7 Å². The number of benzene rings is 2. The van der Waals surface area contributed by atoms with Gasteiger partial charge in [0.2, 0.25) is 0 Å². The Kier molecular flexibility index (Phi) is 5.09. The summed E-state index contributed by atoms with van der Waals surface area (Å²) in [6, 6.07) is 13.0. The number of imidazole rings is 1. The maximum absolute atomic E-state index is 13.2. The lowest BCUT2D eigenvalue weighted by atomic mass is 10.1. The number of carbonyl (C=O) groups excluding carboxylic acids is 1. The van der Waals surface area contributed by atoms with Crippen LogP contribution in [0.3, 0.4) is 0 Å². The molecule has 154 valence electrons. The summed E-state index contributed by atoms with van der Waals surface area (Å²) in [6.45, 7) is 1.90. The lowest BCUT2D eigenvalue weighted by Crippen LogP contribution is -2.17. The van der Waals surface area contributed by atoms with Crippen LogP contribution in [0.15, 0.2) is 42.5 Å². The molecule has 0 saturated heterocycles. The van der Waals surface area contributed by atoms with Crippen LogP contribution in [0, 0.1) is 0 Å². The third-order valence-electron chi connectivity index (χ3n) is 5.49. The average molecular weight is 424 g/mol. The Labute approximate surface area is 179 Å². The largest absolute Gasteiger partial charge is 0.486 e. The van der Waals surface area contributed by atoms with Gasteiger partial charge in [0.1, 0.15) is 24.7 Å². The molecule has 2 aliphatic heterocycles. The maximum Gasteiger partial charge on any atom is 0.276 e. The molecule has 0 unspecified atom stereocenters. The molecule has 3 aromatic rings. The van der Waals surface area contributed by atoms with Crippen LogP contribution >= 0.6 is 11.6 Å².